The molecule has 3 rings (SSSR count). The maximum absolute atomic E-state index is 12.9. The Morgan fingerprint density at radius 3 is 2.83 bits per heavy atom. The van der Waals surface area contributed by atoms with Gasteiger partial charge < -0.3 is 15.5 Å². The second kappa shape index (κ2) is 9.99. The van der Waals surface area contributed by atoms with E-state index in [4.69, 9.17) is 0 Å². The Labute approximate surface area is 168 Å². The summed E-state index contributed by atoms with van der Waals surface area (Å²) >= 11 is 0. The first-order valence-corrected chi connectivity index (χ1v) is 9.63. The Balaban J connectivity index is 1.42. The van der Waals surface area contributed by atoms with Crippen molar-refractivity contribution in [1.29, 1.82) is 0 Å². The van der Waals surface area contributed by atoms with E-state index in [1.807, 2.05) is 23.1 Å². The minimum Gasteiger partial charge on any atom is -0.356 e. The van der Waals surface area contributed by atoms with Crippen molar-refractivity contribution in [3.05, 3.63) is 54.1 Å². The van der Waals surface area contributed by atoms with Gasteiger partial charge >= 0.3 is 6.55 Å². The molecule has 7 nitrogen and oxygen atoms in total. The molecule has 2 N–H and O–H groups in total. The number of aromatic nitrogens is 2. The summed E-state index contributed by atoms with van der Waals surface area (Å²) in [5.74, 6) is 1.06. The first kappa shape index (κ1) is 20.8. The molecule has 2 heterocycles. The molecule has 1 aliphatic heterocycles. The van der Waals surface area contributed by atoms with Gasteiger partial charge in [-0.3, -0.25) is 14.4 Å². The van der Waals surface area contributed by atoms with Crippen LogP contribution in [0.4, 0.5) is 8.78 Å². The summed E-state index contributed by atoms with van der Waals surface area (Å²) in [6, 6.07) is 10.1. The molecular weight excluding hydrogens is 378 g/mol. The van der Waals surface area contributed by atoms with Crippen LogP contribution in [-0.2, 0) is 17.8 Å². The quantitative estimate of drug-likeness (QED) is 0.522. The van der Waals surface area contributed by atoms with Gasteiger partial charge in [0.2, 0.25) is 5.91 Å². The number of guanidine groups is 1. The van der Waals surface area contributed by atoms with Crippen LogP contribution < -0.4 is 10.6 Å². The Hall–Kier alpha value is -2.97. The number of likely N-dealkylation sites (tertiary alicyclic amines) is 1. The summed E-state index contributed by atoms with van der Waals surface area (Å²) in [4.78, 5) is 22.2. The van der Waals surface area contributed by atoms with E-state index in [9.17, 15) is 13.6 Å². The number of halogens is 2. The van der Waals surface area contributed by atoms with E-state index in [0.717, 1.165) is 11.0 Å². The molecule has 1 amide bonds. The van der Waals surface area contributed by atoms with Crippen LogP contribution in [0.25, 0.3) is 0 Å². The maximum atomic E-state index is 12.9. The average Bonchev–Trinajstić information content (AvgIpc) is 3.34. The molecule has 29 heavy (non-hydrogen) atoms. The zero-order valence-corrected chi connectivity index (χ0v) is 16.4. The highest BCUT2D eigenvalue weighted by Gasteiger charge is 2.29. The van der Waals surface area contributed by atoms with E-state index in [1.54, 1.807) is 7.05 Å². The van der Waals surface area contributed by atoms with Gasteiger partial charge in [0.25, 0.3) is 0 Å². The smallest absolute Gasteiger partial charge is 0.319 e. The molecule has 9 heteroatoms. The van der Waals surface area contributed by atoms with Crippen LogP contribution in [0.5, 0.6) is 0 Å². The molecule has 0 spiro atoms. The fourth-order valence-electron chi connectivity index (χ4n) is 3.40. The number of amides is 1. The largest absolute Gasteiger partial charge is 0.356 e. The van der Waals surface area contributed by atoms with Gasteiger partial charge in [0, 0.05) is 51.4 Å². The number of nitrogens with one attached hydrogen (secondary N) is 2. The second-order valence-electron chi connectivity index (χ2n) is 6.98. The number of carbonyl (C=O) groups excluding carboxylic acids is 1. The zero-order valence-electron chi connectivity index (χ0n) is 16.4. The molecular formula is C20H26F2N6O. The van der Waals surface area contributed by atoms with Gasteiger partial charge in [0.15, 0.2) is 5.96 Å². The van der Waals surface area contributed by atoms with E-state index < -0.39 is 6.55 Å². The van der Waals surface area contributed by atoms with Crippen molar-refractivity contribution in [3.8, 4) is 0 Å². The molecule has 0 radical (unpaired) electrons. The van der Waals surface area contributed by atoms with Crippen LogP contribution in [0.1, 0.15) is 24.4 Å². The minimum atomic E-state index is -2.63. The highest BCUT2D eigenvalue weighted by molar-refractivity contribution is 5.80. The van der Waals surface area contributed by atoms with Crippen molar-refractivity contribution in [2.24, 2.45) is 10.9 Å². The molecule has 1 aromatic carbocycles. The highest BCUT2D eigenvalue weighted by atomic mass is 19.3. The molecule has 0 aliphatic carbocycles. The molecule has 1 aliphatic rings. The predicted molar refractivity (Wildman–Crippen MR) is 107 cm³/mol. The van der Waals surface area contributed by atoms with Gasteiger partial charge in [0.1, 0.15) is 5.82 Å². The number of nitrogens with zero attached hydrogens (tertiary/aromatic N) is 4. The topological polar surface area (TPSA) is 74.5 Å². The Morgan fingerprint density at radius 1 is 1.31 bits per heavy atom. The number of benzene rings is 1. The van der Waals surface area contributed by atoms with Crippen molar-refractivity contribution < 1.29 is 13.6 Å². The number of alkyl halides is 2. The number of rotatable bonds is 8. The summed E-state index contributed by atoms with van der Waals surface area (Å²) < 4.78 is 26.6. The van der Waals surface area contributed by atoms with Crippen LogP contribution in [-0.4, -0.2) is 53.0 Å². The van der Waals surface area contributed by atoms with Gasteiger partial charge in [-0.25, -0.2) is 4.98 Å². The number of carbonyl (C=O) groups is 1. The van der Waals surface area contributed by atoms with Crippen LogP contribution in [0.3, 0.4) is 0 Å². The Bertz CT molecular complexity index is 823. The number of aliphatic imine (C=N–C) groups is 1. The SMILES string of the molecule is CN=C(NCc1nccn1C(F)F)NCC1CC(=O)N(CCc2ccccc2)C1. The fourth-order valence-corrected chi connectivity index (χ4v) is 3.40. The summed E-state index contributed by atoms with van der Waals surface area (Å²) in [6.45, 7) is -0.510. The summed E-state index contributed by atoms with van der Waals surface area (Å²) in [6.07, 6.45) is 3.92. The van der Waals surface area contributed by atoms with Crippen molar-refractivity contribution in [1.82, 2.24) is 25.1 Å². The molecule has 1 unspecified atom stereocenters. The lowest BCUT2D eigenvalue weighted by atomic mass is 10.1. The van der Waals surface area contributed by atoms with Gasteiger partial charge in [0.05, 0.1) is 6.54 Å². The molecule has 2 aromatic rings. The van der Waals surface area contributed by atoms with Crippen molar-refractivity contribution in [2.45, 2.75) is 25.9 Å². The third-order valence-electron chi connectivity index (χ3n) is 4.96. The first-order chi connectivity index (χ1) is 14.1. The van der Waals surface area contributed by atoms with Crippen LogP contribution >= 0.6 is 0 Å². The lowest BCUT2D eigenvalue weighted by Gasteiger charge is -2.18. The second-order valence-corrected chi connectivity index (χ2v) is 6.98. The predicted octanol–water partition coefficient (Wildman–Crippen LogP) is 2.03. The van der Waals surface area contributed by atoms with Gasteiger partial charge in [-0.2, -0.15) is 8.78 Å². The summed E-state index contributed by atoms with van der Waals surface area (Å²) in [7, 11) is 1.61. The monoisotopic (exact) mass is 404 g/mol. The normalized spacial score (nSPS) is 17.2. The van der Waals surface area contributed by atoms with E-state index in [1.165, 1.54) is 18.0 Å². The third-order valence-corrected chi connectivity index (χ3v) is 4.96. The van der Waals surface area contributed by atoms with Crippen LogP contribution in [0, 0.1) is 5.92 Å². The first-order valence-electron chi connectivity index (χ1n) is 9.63. The van der Waals surface area contributed by atoms with E-state index >= 15 is 0 Å². The molecule has 0 saturated carbocycles. The highest BCUT2D eigenvalue weighted by Crippen LogP contribution is 2.17. The van der Waals surface area contributed by atoms with E-state index in [-0.39, 0.29) is 24.2 Å². The summed E-state index contributed by atoms with van der Waals surface area (Å²) in [5, 5.41) is 6.16. The molecule has 0 bridgehead atoms. The Kier molecular flexibility index (Phi) is 7.15. The molecule has 1 atom stereocenters. The standard InChI is InChI=1S/C20H26F2N6O/c1-23-20(26-13-17-24-8-10-28(17)19(21)22)25-12-16-11-18(29)27(14-16)9-7-15-5-3-2-4-6-15/h2-6,8,10,16,19H,7,9,11-14H2,1H3,(H2,23,25,26). The van der Waals surface area contributed by atoms with Crippen LogP contribution in [0.2, 0.25) is 0 Å². The lowest BCUT2D eigenvalue weighted by molar-refractivity contribution is -0.127. The van der Waals surface area contributed by atoms with Gasteiger partial charge in [-0.1, -0.05) is 30.3 Å². The Morgan fingerprint density at radius 2 is 2.10 bits per heavy atom. The van der Waals surface area contributed by atoms with Crippen molar-refractivity contribution >= 4 is 11.9 Å². The number of hydrogen-bond acceptors (Lipinski definition) is 3. The van der Waals surface area contributed by atoms with Crippen molar-refractivity contribution in [2.75, 3.05) is 26.7 Å². The fraction of sp³-hybridized carbons (Fsp3) is 0.450. The molecule has 156 valence electrons. The summed E-state index contributed by atoms with van der Waals surface area (Å²) in [5.41, 5.74) is 1.22. The van der Waals surface area contributed by atoms with Gasteiger partial charge in [-0.15, -0.1) is 0 Å². The van der Waals surface area contributed by atoms with E-state index in [0.29, 0.717) is 32.0 Å². The van der Waals surface area contributed by atoms with E-state index in [2.05, 4.69) is 32.7 Å². The average molecular weight is 404 g/mol. The number of imidazole rings is 1. The number of hydrogen-bond donors (Lipinski definition) is 2. The molecule has 1 fully saturated rings. The van der Waals surface area contributed by atoms with Gasteiger partial charge in [-0.05, 0) is 12.0 Å². The third kappa shape index (κ3) is 5.75. The van der Waals surface area contributed by atoms with Crippen molar-refractivity contribution in [3.63, 3.8) is 0 Å². The van der Waals surface area contributed by atoms with Crippen LogP contribution in [0.15, 0.2) is 47.7 Å². The zero-order chi connectivity index (χ0) is 20.6. The molecule has 1 aromatic heterocycles. The maximum Gasteiger partial charge on any atom is 0.319 e. The molecule has 1 saturated heterocycles. The lowest BCUT2D eigenvalue weighted by Crippen LogP contribution is -2.40. The minimum absolute atomic E-state index is 0.129.